The third kappa shape index (κ3) is 7.09. The van der Waals surface area contributed by atoms with Crippen molar-refractivity contribution >= 4 is 43.6 Å². The minimum absolute atomic E-state index is 0.407. The average Bonchev–Trinajstić information content (AvgIpc) is 3.84. The number of hydrogen-bond donors (Lipinski definition) is 0. The van der Waals surface area contributed by atoms with Crippen LogP contribution < -0.4 is 9.47 Å². The second-order valence-corrected chi connectivity index (χ2v) is 16.8. The minimum Gasteiger partial charge on any atom is -0.457 e. The van der Waals surface area contributed by atoms with Gasteiger partial charge in [-0.2, -0.15) is 0 Å². The smallest absolute Gasteiger partial charge is 0.137 e. The van der Waals surface area contributed by atoms with Crippen LogP contribution in [0.15, 0.2) is 183 Å². The Balaban J connectivity index is 0.840. The highest BCUT2D eigenvalue weighted by Gasteiger charge is 2.17. The summed E-state index contributed by atoms with van der Waals surface area (Å²) in [5.74, 6) is 5.42. The van der Waals surface area contributed by atoms with Gasteiger partial charge < -0.3 is 9.47 Å². The molecule has 11 aromatic rings. The number of hydrogen-bond acceptors (Lipinski definition) is 6. The van der Waals surface area contributed by atoms with Crippen LogP contribution in [0.2, 0.25) is 0 Å². The van der Waals surface area contributed by atoms with E-state index in [9.17, 15) is 0 Å². The first-order chi connectivity index (χ1) is 31.3. The second kappa shape index (κ2) is 16.0. The van der Waals surface area contributed by atoms with Crippen LogP contribution in [0.4, 0.5) is 0 Å². The number of ether oxygens (including phenoxy) is 2. The lowest BCUT2D eigenvalue weighted by Gasteiger charge is -2.11. The molecule has 0 spiro atoms. The van der Waals surface area contributed by atoms with E-state index in [-0.39, 0.29) is 0 Å². The molecule has 0 aliphatic heterocycles. The Kier molecular flexibility index (Phi) is 9.69. The molecule has 11 rings (SSSR count). The lowest BCUT2D eigenvalue weighted by molar-refractivity contribution is 0.483. The van der Waals surface area contributed by atoms with Crippen LogP contribution in [-0.4, -0.2) is 29.1 Å². The maximum Gasteiger partial charge on any atom is 0.137 e. The molecule has 310 valence electrons. The summed E-state index contributed by atoms with van der Waals surface area (Å²) >= 11 is 0. The van der Waals surface area contributed by atoms with Gasteiger partial charge in [0.1, 0.15) is 34.6 Å². The summed E-state index contributed by atoms with van der Waals surface area (Å²) in [5, 5.41) is 4.62. The molecule has 0 bridgehead atoms. The maximum absolute atomic E-state index is 6.52. The summed E-state index contributed by atoms with van der Waals surface area (Å²) in [6.07, 6.45) is 7.56. The zero-order valence-corrected chi connectivity index (χ0v) is 36.0. The molecule has 0 unspecified atom stereocenters. The number of fused-ring (bicyclic) bond motifs is 6. The molecule has 0 saturated carbocycles. The normalized spacial score (nSPS) is 11.7. The van der Waals surface area contributed by atoms with E-state index in [2.05, 4.69) is 134 Å². The maximum atomic E-state index is 6.52. The van der Waals surface area contributed by atoms with Crippen molar-refractivity contribution in [2.24, 2.45) is 0 Å². The molecule has 8 nitrogen and oxygen atoms in total. The summed E-state index contributed by atoms with van der Waals surface area (Å²) in [6.45, 7) is 8.73. The van der Waals surface area contributed by atoms with Gasteiger partial charge in [0.2, 0.25) is 0 Å². The van der Waals surface area contributed by atoms with E-state index in [1.165, 1.54) is 21.9 Å². The molecule has 0 aliphatic carbocycles. The molecule has 0 saturated heterocycles. The quantitative estimate of drug-likeness (QED) is 0.137. The van der Waals surface area contributed by atoms with Gasteiger partial charge in [-0.1, -0.05) is 100 Å². The Morgan fingerprint density at radius 2 is 0.781 bits per heavy atom. The number of aromatic nitrogens is 6. The standard InChI is InChI=1S/C56H44N6O2/c1-35(2)39-19-25-55(59-31-39)61-51-17-7-5-15-45(51)47-23-21-43(29-53(47)61)63-41-13-9-11-37(27-41)49-33-58-50(34-57-49)38-12-10-14-42(28-38)64-44-22-24-48-46-16-6-8-18-52(46)62(54(48)30-44)56-26-20-40(32-60-56)36(3)4/h5-36H,1-4H3. The highest BCUT2D eigenvalue weighted by Crippen LogP contribution is 2.38. The van der Waals surface area contributed by atoms with Gasteiger partial charge in [0, 0.05) is 57.2 Å². The Hall–Kier alpha value is -8.10. The van der Waals surface area contributed by atoms with Crippen molar-refractivity contribution in [1.82, 2.24) is 29.1 Å². The Bertz CT molecular complexity index is 3260. The predicted molar refractivity (Wildman–Crippen MR) is 258 cm³/mol. The molecular formula is C56H44N6O2. The van der Waals surface area contributed by atoms with Crippen molar-refractivity contribution < 1.29 is 9.47 Å². The Labute approximate surface area is 371 Å². The molecule has 0 amide bonds. The third-order valence-corrected chi connectivity index (χ3v) is 12.0. The van der Waals surface area contributed by atoms with Gasteiger partial charge in [-0.05, 0) is 95.8 Å². The Morgan fingerprint density at radius 3 is 1.19 bits per heavy atom. The highest BCUT2D eigenvalue weighted by molar-refractivity contribution is 6.10. The van der Waals surface area contributed by atoms with E-state index < -0.39 is 0 Å². The molecule has 0 radical (unpaired) electrons. The fourth-order valence-corrected chi connectivity index (χ4v) is 8.60. The summed E-state index contributed by atoms with van der Waals surface area (Å²) in [4.78, 5) is 19.5. The monoisotopic (exact) mass is 832 g/mol. The molecule has 64 heavy (non-hydrogen) atoms. The third-order valence-electron chi connectivity index (χ3n) is 12.0. The van der Waals surface area contributed by atoms with Gasteiger partial charge in [-0.3, -0.25) is 19.1 Å². The topological polar surface area (TPSA) is 79.9 Å². The first-order valence-electron chi connectivity index (χ1n) is 21.7. The fourth-order valence-electron chi connectivity index (χ4n) is 8.60. The lowest BCUT2D eigenvalue weighted by Crippen LogP contribution is -1.99. The van der Waals surface area contributed by atoms with Crippen molar-refractivity contribution in [3.8, 4) is 57.1 Å². The van der Waals surface area contributed by atoms with E-state index in [0.717, 1.165) is 78.5 Å². The average molecular weight is 833 g/mol. The minimum atomic E-state index is 0.407. The molecule has 0 atom stereocenters. The second-order valence-electron chi connectivity index (χ2n) is 16.8. The Morgan fingerprint density at radius 1 is 0.359 bits per heavy atom. The van der Waals surface area contributed by atoms with Crippen LogP contribution in [0.25, 0.3) is 77.8 Å². The molecule has 0 N–H and O–H groups in total. The summed E-state index contributed by atoms with van der Waals surface area (Å²) in [7, 11) is 0. The van der Waals surface area contributed by atoms with Gasteiger partial charge in [0.15, 0.2) is 0 Å². The number of para-hydroxylation sites is 2. The molecule has 5 aromatic heterocycles. The predicted octanol–water partition coefficient (Wildman–Crippen LogP) is 14.6. The van der Waals surface area contributed by atoms with Crippen LogP contribution in [-0.2, 0) is 0 Å². The van der Waals surface area contributed by atoms with Crippen LogP contribution in [0.1, 0.15) is 50.7 Å². The largest absolute Gasteiger partial charge is 0.457 e. The number of rotatable bonds is 10. The van der Waals surface area contributed by atoms with Crippen LogP contribution in [0.3, 0.4) is 0 Å². The van der Waals surface area contributed by atoms with Crippen molar-refractivity contribution in [3.63, 3.8) is 0 Å². The van der Waals surface area contributed by atoms with E-state index >= 15 is 0 Å². The first-order valence-corrected chi connectivity index (χ1v) is 21.7. The van der Waals surface area contributed by atoms with Gasteiger partial charge >= 0.3 is 0 Å². The van der Waals surface area contributed by atoms with Crippen LogP contribution in [0.5, 0.6) is 23.0 Å². The molecule has 0 fully saturated rings. The van der Waals surface area contributed by atoms with E-state index in [1.807, 2.05) is 73.1 Å². The summed E-state index contributed by atoms with van der Waals surface area (Å²) in [5.41, 5.74) is 9.95. The summed E-state index contributed by atoms with van der Waals surface area (Å²) < 4.78 is 17.5. The number of nitrogens with zero attached hydrogens (tertiary/aromatic N) is 6. The van der Waals surface area contributed by atoms with Gasteiger partial charge in [0.05, 0.1) is 45.8 Å². The van der Waals surface area contributed by atoms with E-state index in [1.54, 1.807) is 12.4 Å². The van der Waals surface area contributed by atoms with E-state index in [0.29, 0.717) is 23.3 Å². The SMILES string of the molecule is CC(C)c1ccc(-n2c3ccccc3c3ccc(Oc4cccc(-c5cnc(-c6cccc(Oc7ccc8c9ccccc9n(-c9ccc(C(C)C)cn9)c8c7)c6)cn5)c4)cc32)nc1. The van der Waals surface area contributed by atoms with Crippen molar-refractivity contribution in [3.05, 3.63) is 194 Å². The number of pyridine rings is 2. The first kappa shape index (κ1) is 38.8. The van der Waals surface area contributed by atoms with Gasteiger partial charge in [-0.15, -0.1) is 0 Å². The molecule has 0 aliphatic rings. The van der Waals surface area contributed by atoms with Crippen molar-refractivity contribution in [2.45, 2.75) is 39.5 Å². The summed E-state index contributed by atoms with van der Waals surface area (Å²) in [6, 6.07) is 53.8. The van der Waals surface area contributed by atoms with Gasteiger partial charge in [0.25, 0.3) is 0 Å². The number of benzene rings is 6. The van der Waals surface area contributed by atoms with E-state index in [4.69, 9.17) is 29.4 Å². The molecule has 6 aromatic carbocycles. The highest BCUT2D eigenvalue weighted by atomic mass is 16.5. The fraction of sp³-hybridized carbons (Fsp3) is 0.107. The van der Waals surface area contributed by atoms with Crippen molar-refractivity contribution in [2.75, 3.05) is 0 Å². The molecule has 8 heteroatoms. The van der Waals surface area contributed by atoms with Crippen molar-refractivity contribution in [1.29, 1.82) is 0 Å². The van der Waals surface area contributed by atoms with Crippen LogP contribution >= 0.6 is 0 Å². The zero-order valence-electron chi connectivity index (χ0n) is 36.0. The molecule has 5 heterocycles. The van der Waals surface area contributed by atoms with Crippen LogP contribution in [0, 0.1) is 0 Å². The van der Waals surface area contributed by atoms with Gasteiger partial charge in [-0.25, -0.2) is 9.97 Å². The molecular weight excluding hydrogens is 789 g/mol. The lowest BCUT2D eigenvalue weighted by atomic mass is 10.1. The zero-order chi connectivity index (χ0) is 43.3.